The topological polar surface area (TPSA) is 54.0 Å². The maximum Gasteiger partial charge on any atom is 0.221 e. The summed E-state index contributed by atoms with van der Waals surface area (Å²) in [5.74, 6) is 0.0844. The number of carbonyl (C=O) groups excluding carboxylic acids is 1. The highest BCUT2D eigenvalue weighted by atomic mass is 32.1. The van der Waals surface area contributed by atoms with Crippen LogP contribution < -0.4 is 10.6 Å². The van der Waals surface area contributed by atoms with E-state index in [1.807, 2.05) is 20.8 Å². The minimum Gasteiger partial charge on any atom is -0.349 e. The quantitative estimate of drug-likeness (QED) is 0.833. The second kappa shape index (κ2) is 6.85. The summed E-state index contributed by atoms with van der Waals surface area (Å²) in [6, 6.07) is 0.462. The van der Waals surface area contributed by atoms with Gasteiger partial charge in [0.2, 0.25) is 5.91 Å². The van der Waals surface area contributed by atoms with E-state index < -0.39 is 0 Å². The molecule has 0 radical (unpaired) electrons. The third-order valence-electron chi connectivity index (χ3n) is 2.61. The molecule has 0 aliphatic carbocycles. The molecule has 1 unspecified atom stereocenters. The summed E-state index contributed by atoms with van der Waals surface area (Å²) in [4.78, 5) is 17.3. The Labute approximate surface area is 113 Å². The van der Waals surface area contributed by atoms with Crippen molar-refractivity contribution in [2.75, 3.05) is 6.54 Å². The smallest absolute Gasteiger partial charge is 0.221 e. The molecule has 0 aliphatic heterocycles. The molecule has 1 rings (SSSR count). The Kier molecular flexibility index (Phi) is 5.75. The van der Waals surface area contributed by atoms with Gasteiger partial charge in [0.05, 0.1) is 16.7 Å². The van der Waals surface area contributed by atoms with Crippen molar-refractivity contribution in [2.24, 2.45) is 0 Å². The van der Waals surface area contributed by atoms with Crippen LogP contribution in [0.15, 0.2) is 0 Å². The lowest BCUT2D eigenvalue weighted by Gasteiger charge is -2.13. The number of hydrogen-bond donors (Lipinski definition) is 2. The zero-order valence-electron chi connectivity index (χ0n) is 11.8. The lowest BCUT2D eigenvalue weighted by molar-refractivity contribution is -0.121. The van der Waals surface area contributed by atoms with E-state index in [-0.39, 0.29) is 11.9 Å². The summed E-state index contributed by atoms with van der Waals surface area (Å²) in [5, 5.41) is 7.30. The average molecular weight is 269 g/mol. The molecule has 0 bridgehead atoms. The summed E-state index contributed by atoms with van der Waals surface area (Å²) in [5.41, 5.74) is 1.02. The number of nitrogens with zero attached hydrogens (tertiary/aromatic N) is 1. The lowest BCUT2D eigenvalue weighted by Crippen LogP contribution is -2.31. The van der Waals surface area contributed by atoms with Crippen molar-refractivity contribution < 1.29 is 4.79 Å². The van der Waals surface area contributed by atoms with Gasteiger partial charge in [0, 0.05) is 23.9 Å². The van der Waals surface area contributed by atoms with E-state index in [9.17, 15) is 4.79 Å². The van der Waals surface area contributed by atoms with Gasteiger partial charge in [-0.2, -0.15) is 0 Å². The van der Waals surface area contributed by atoms with Gasteiger partial charge in [-0.3, -0.25) is 4.79 Å². The van der Waals surface area contributed by atoms with E-state index in [0.29, 0.717) is 12.5 Å². The van der Waals surface area contributed by atoms with Gasteiger partial charge in [0.15, 0.2) is 0 Å². The van der Waals surface area contributed by atoms with Crippen molar-refractivity contribution in [1.82, 2.24) is 15.6 Å². The van der Waals surface area contributed by atoms with Gasteiger partial charge in [-0.15, -0.1) is 11.3 Å². The van der Waals surface area contributed by atoms with E-state index in [1.54, 1.807) is 11.3 Å². The molecule has 1 amide bonds. The van der Waals surface area contributed by atoms with Crippen LogP contribution in [-0.4, -0.2) is 23.5 Å². The second-order valence-corrected chi connectivity index (χ2v) is 6.07. The minimum absolute atomic E-state index is 0.0442. The molecule has 0 spiro atoms. The molecule has 4 nitrogen and oxygen atoms in total. The summed E-state index contributed by atoms with van der Waals surface area (Å²) in [6.45, 7) is 10.8. The Hall–Kier alpha value is -0.940. The SMILES string of the molecule is Cc1nc(C)c(C(C)NC(=O)CCNC(C)C)s1. The maximum atomic E-state index is 11.8. The first-order valence-corrected chi connectivity index (χ1v) is 7.18. The molecule has 5 heteroatoms. The summed E-state index contributed by atoms with van der Waals surface area (Å²) in [7, 11) is 0. The van der Waals surface area contributed by atoms with Crippen molar-refractivity contribution in [3.05, 3.63) is 15.6 Å². The predicted octanol–water partition coefficient (Wildman–Crippen LogP) is 2.33. The van der Waals surface area contributed by atoms with Crippen molar-refractivity contribution in [2.45, 2.75) is 53.1 Å². The third kappa shape index (κ3) is 4.74. The van der Waals surface area contributed by atoms with Gasteiger partial charge >= 0.3 is 0 Å². The molecule has 0 fully saturated rings. The van der Waals surface area contributed by atoms with Crippen LogP contribution >= 0.6 is 11.3 Å². The largest absolute Gasteiger partial charge is 0.349 e. The Balaban J connectivity index is 2.42. The molecule has 18 heavy (non-hydrogen) atoms. The summed E-state index contributed by atoms with van der Waals surface area (Å²) in [6.07, 6.45) is 0.513. The van der Waals surface area contributed by atoms with Crippen LogP contribution in [0.2, 0.25) is 0 Å². The molecule has 1 aromatic rings. The molecule has 102 valence electrons. The molecule has 0 saturated heterocycles. The molecule has 1 atom stereocenters. The Bertz CT molecular complexity index is 401. The van der Waals surface area contributed by atoms with Gasteiger partial charge in [-0.25, -0.2) is 4.98 Å². The number of thiazole rings is 1. The predicted molar refractivity (Wildman–Crippen MR) is 75.9 cm³/mol. The zero-order valence-corrected chi connectivity index (χ0v) is 12.6. The second-order valence-electron chi connectivity index (χ2n) is 4.83. The maximum absolute atomic E-state index is 11.8. The van der Waals surface area contributed by atoms with Crippen LogP contribution in [0.25, 0.3) is 0 Å². The molecule has 0 aromatic carbocycles. The Morgan fingerprint density at radius 1 is 1.33 bits per heavy atom. The van der Waals surface area contributed by atoms with Crippen molar-refractivity contribution in [1.29, 1.82) is 0 Å². The average Bonchev–Trinajstić information content (AvgIpc) is 2.57. The van der Waals surface area contributed by atoms with E-state index in [0.717, 1.165) is 22.1 Å². The Morgan fingerprint density at radius 3 is 2.50 bits per heavy atom. The highest BCUT2D eigenvalue weighted by molar-refractivity contribution is 7.11. The van der Waals surface area contributed by atoms with Crippen molar-refractivity contribution in [3.8, 4) is 0 Å². The normalized spacial score (nSPS) is 12.8. The molecule has 1 heterocycles. The van der Waals surface area contributed by atoms with Crippen molar-refractivity contribution in [3.63, 3.8) is 0 Å². The van der Waals surface area contributed by atoms with E-state index in [4.69, 9.17) is 0 Å². The number of nitrogens with one attached hydrogen (secondary N) is 2. The van der Waals surface area contributed by atoms with Crippen LogP contribution in [0.1, 0.15) is 48.8 Å². The lowest BCUT2D eigenvalue weighted by atomic mass is 10.2. The number of rotatable bonds is 6. The number of aromatic nitrogens is 1. The number of aryl methyl sites for hydroxylation is 2. The number of carbonyl (C=O) groups is 1. The first-order chi connectivity index (χ1) is 8.40. The van der Waals surface area contributed by atoms with E-state index in [2.05, 4.69) is 29.5 Å². The van der Waals surface area contributed by atoms with Gasteiger partial charge in [-0.05, 0) is 20.8 Å². The molecule has 0 aliphatic rings. The van der Waals surface area contributed by atoms with Crippen LogP contribution in [0.3, 0.4) is 0 Å². The van der Waals surface area contributed by atoms with Crippen LogP contribution in [0.4, 0.5) is 0 Å². The Morgan fingerprint density at radius 2 is 2.00 bits per heavy atom. The van der Waals surface area contributed by atoms with E-state index in [1.165, 1.54) is 0 Å². The fourth-order valence-electron chi connectivity index (χ4n) is 1.80. The molecule has 2 N–H and O–H groups in total. The summed E-state index contributed by atoms with van der Waals surface area (Å²) < 4.78 is 0. The van der Waals surface area contributed by atoms with Gasteiger partial charge in [0.25, 0.3) is 0 Å². The van der Waals surface area contributed by atoms with Crippen molar-refractivity contribution >= 4 is 17.2 Å². The number of amides is 1. The first kappa shape index (κ1) is 15.1. The number of hydrogen-bond acceptors (Lipinski definition) is 4. The van der Waals surface area contributed by atoms with Gasteiger partial charge in [-0.1, -0.05) is 13.8 Å². The highest BCUT2D eigenvalue weighted by Gasteiger charge is 2.14. The third-order valence-corrected chi connectivity index (χ3v) is 3.87. The van der Waals surface area contributed by atoms with Gasteiger partial charge < -0.3 is 10.6 Å². The highest BCUT2D eigenvalue weighted by Crippen LogP contribution is 2.24. The molecular formula is C13H23N3OS. The fourth-order valence-corrected chi connectivity index (χ4v) is 2.73. The van der Waals surface area contributed by atoms with Crippen LogP contribution in [0, 0.1) is 13.8 Å². The molecular weight excluding hydrogens is 246 g/mol. The van der Waals surface area contributed by atoms with Gasteiger partial charge in [0.1, 0.15) is 0 Å². The van der Waals surface area contributed by atoms with E-state index >= 15 is 0 Å². The zero-order chi connectivity index (χ0) is 13.7. The first-order valence-electron chi connectivity index (χ1n) is 6.36. The van der Waals surface area contributed by atoms with Crippen LogP contribution in [0.5, 0.6) is 0 Å². The molecule has 0 saturated carbocycles. The fraction of sp³-hybridized carbons (Fsp3) is 0.692. The van der Waals surface area contributed by atoms with Crippen LogP contribution in [-0.2, 0) is 4.79 Å². The standard InChI is InChI=1S/C13H23N3OS/c1-8(2)14-7-6-12(17)16-10(4)13-9(3)15-11(5)18-13/h8,10,14H,6-7H2,1-5H3,(H,16,17). The molecule has 1 aromatic heterocycles. The monoisotopic (exact) mass is 269 g/mol. The minimum atomic E-state index is 0.0442. The summed E-state index contributed by atoms with van der Waals surface area (Å²) >= 11 is 1.65.